The van der Waals surface area contributed by atoms with E-state index in [-0.39, 0.29) is 16.7 Å². The number of aromatic nitrogens is 3. The van der Waals surface area contributed by atoms with E-state index in [1.165, 1.54) is 4.31 Å². The Hall–Kier alpha value is -3.04. The van der Waals surface area contributed by atoms with Gasteiger partial charge in [-0.2, -0.15) is 9.40 Å². The lowest BCUT2D eigenvalue weighted by Crippen LogP contribution is -2.41. The van der Waals surface area contributed by atoms with Gasteiger partial charge in [0, 0.05) is 37.6 Å². The zero-order chi connectivity index (χ0) is 21.1. The molecule has 0 spiro atoms. The summed E-state index contributed by atoms with van der Waals surface area (Å²) < 4.78 is 28.7. The first-order valence-electron chi connectivity index (χ1n) is 9.78. The standard InChI is InChI=1S/C21H23N5O3S/c1-16-5-7-18(8-6-16)30(28,29)25-14-9-17(10-15-25)21(27)24-19-4-2-11-22-20(19)26-13-3-12-23-26/h2-8,11-13,17H,9-10,14-15H2,1H3,(H,24,27). The summed E-state index contributed by atoms with van der Waals surface area (Å²) in [4.78, 5) is 17.4. The number of nitrogens with one attached hydrogen (secondary N) is 1. The monoisotopic (exact) mass is 425 g/mol. The van der Waals surface area contributed by atoms with Crippen LogP contribution in [0, 0.1) is 12.8 Å². The normalized spacial score (nSPS) is 15.8. The third kappa shape index (κ3) is 4.12. The van der Waals surface area contributed by atoms with E-state index in [0.29, 0.717) is 37.4 Å². The fourth-order valence-corrected chi connectivity index (χ4v) is 4.99. The van der Waals surface area contributed by atoms with Crippen molar-refractivity contribution in [2.75, 3.05) is 18.4 Å². The van der Waals surface area contributed by atoms with Crippen LogP contribution in [0.2, 0.25) is 0 Å². The Labute approximate surface area is 175 Å². The Kier molecular flexibility index (Phi) is 5.65. The van der Waals surface area contributed by atoms with E-state index in [1.54, 1.807) is 65.7 Å². The van der Waals surface area contributed by atoms with E-state index in [1.807, 2.05) is 6.92 Å². The molecule has 0 saturated carbocycles. The van der Waals surface area contributed by atoms with Crippen LogP contribution in [0.5, 0.6) is 0 Å². The minimum atomic E-state index is -3.54. The van der Waals surface area contributed by atoms with Crippen molar-refractivity contribution >= 4 is 21.6 Å². The fourth-order valence-electron chi connectivity index (χ4n) is 3.52. The molecule has 1 fully saturated rings. The first kappa shape index (κ1) is 20.2. The Morgan fingerprint density at radius 1 is 1.07 bits per heavy atom. The van der Waals surface area contributed by atoms with Crippen LogP contribution in [0.15, 0.2) is 66.0 Å². The van der Waals surface area contributed by atoms with Gasteiger partial charge in [0.2, 0.25) is 15.9 Å². The molecule has 3 heterocycles. The Morgan fingerprint density at radius 2 is 1.80 bits per heavy atom. The maximum Gasteiger partial charge on any atom is 0.243 e. The molecule has 0 unspecified atom stereocenters. The molecule has 3 aromatic rings. The van der Waals surface area contributed by atoms with Gasteiger partial charge in [0.15, 0.2) is 5.82 Å². The molecule has 156 valence electrons. The van der Waals surface area contributed by atoms with Crippen molar-refractivity contribution in [2.45, 2.75) is 24.7 Å². The van der Waals surface area contributed by atoms with Gasteiger partial charge in [-0.15, -0.1) is 0 Å². The number of amides is 1. The summed E-state index contributed by atoms with van der Waals surface area (Å²) in [6.45, 7) is 2.54. The summed E-state index contributed by atoms with van der Waals surface area (Å²) in [5, 5.41) is 7.10. The predicted molar refractivity (Wildman–Crippen MR) is 113 cm³/mol. The summed E-state index contributed by atoms with van der Waals surface area (Å²) in [7, 11) is -3.54. The van der Waals surface area contributed by atoms with E-state index >= 15 is 0 Å². The number of carbonyl (C=O) groups excluding carboxylic acids is 1. The van der Waals surface area contributed by atoms with Crippen molar-refractivity contribution in [1.29, 1.82) is 0 Å². The predicted octanol–water partition coefficient (Wildman–Crippen LogP) is 2.62. The number of pyridine rings is 1. The van der Waals surface area contributed by atoms with Gasteiger partial charge in [0.25, 0.3) is 0 Å². The molecule has 1 N–H and O–H groups in total. The largest absolute Gasteiger partial charge is 0.323 e. The maximum absolute atomic E-state index is 12.8. The van der Waals surface area contributed by atoms with E-state index in [9.17, 15) is 13.2 Å². The number of hydrogen-bond acceptors (Lipinski definition) is 5. The first-order valence-corrected chi connectivity index (χ1v) is 11.2. The number of anilines is 1. The molecule has 4 rings (SSSR count). The van der Waals surface area contributed by atoms with Crippen molar-refractivity contribution in [2.24, 2.45) is 5.92 Å². The van der Waals surface area contributed by atoms with Gasteiger partial charge in [-0.3, -0.25) is 4.79 Å². The van der Waals surface area contributed by atoms with Gasteiger partial charge in [-0.05, 0) is 50.1 Å². The van der Waals surface area contributed by atoms with E-state index < -0.39 is 10.0 Å². The number of aryl methyl sites for hydroxylation is 1. The number of hydrogen-bond donors (Lipinski definition) is 1. The van der Waals surface area contributed by atoms with E-state index in [0.717, 1.165) is 5.56 Å². The Balaban J connectivity index is 1.41. The van der Waals surface area contributed by atoms with Gasteiger partial charge in [-0.1, -0.05) is 17.7 Å². The second kappa shape index (κ2) is 8.37. The SMILES string of the molecule is Cc1ccc(S(=O)(=O)N2CCC(C(=O)Nc3cccnc3-n3cccn3)CC2)cc1. The molecule has 8 nitrogen and oxygen atoms in total. The van der Waals surface area contributed by atoms with Crippen LogP contribution >= 0.6 is 0 Å². The average Bonchev–Trinajstić information content (AvgIpc) is 3.29. The molecule has 1 aromatic carbocycles. The quantitative estimate of drug-likeness (QED) is 0.678. The van der Waals surface area contributed by atoms with Crippen LogP contribution in [0.1, 0.15) is 18.4 Å². The third-order valence-corrected chi connectivity index (χ3v) is 7.16. The minimum Gasteiger partial charge on any atom is -0.323 e. The smallest absolute Gasteiger partial charge is 0.243 e. The van der Waals surface area contributed by atoms with Gasteiger partial charge in [0.1, 0.15) is 0 Å². The van der Waals surface area contributed by atoms with Crippen molar-refractivity contribution in [1.82, 2.24) is 19.1 Å². The van der Waals surface area contributed by atoms with Crippen molar-refractivity contribution < 1.29 is 13.2 Å². The third-order valence-electron chi connectivity index (χ3n) is 5.25. The summed E-state index contributed by atoms with van der Waals surface area (Å²) in [6.07, 6.45) is 5.97. The van der Waals surface area contributed by atoms with Gasteiger partial charge in [-0.25, -0.2) is 18.1 Å². The summed E-state index contributed by atoms with van der Waals surface area (Å²) in [6, 6.07) is 12.1. The number of rotatable bonds is 5. The molecule has 2 aromatic heterocycles. The summed E-state index contributed by atoms with van der Waals surface area (Å²) >= 11 is 0. The second-order valence-corrected chi connectivity index (χ2v) is 9.24. The maximum atomic E-state index is 12.8. The van der Waals surface area contributed by atoms with Crippen LogP contribution in [-0.4, -0.2) is 46.5 Å². The topological polar surface area (TPSA) is 97.2 Å². The molecule has 0 radical (unpaired) electrons. The van der Waals surface area contributed by atoms with Crippen LogP contribution in [0.3, 0.4) is 0 Å². The number of sulfonamides is 1. The zero-order valence-electron chi connectivity index (χ0n) is 16.6. The molecular weight excluding hydrogens is 402 g/mol. The zero-order valence-corrected chi connectivity index (χ0v) is 17.4. The number of benzene rings is 1. The number of piperidine rings is 1. The molecule has 1 saturated heterocycles. The molecule has 30 heavy (non-hydrogen) atoms. The second-order valence-electron chi connectivity index (χ2n) is 7.31. The van der Waals surface area contributed by atoms with Crippen molar-refractivity contribution in [3.8, 4) is 5.82 Å². The average molecular weight is 426 g/mol. The minimum absolute atomic E-state index is 0.135. The van der Waals surface area contributed by atoms with Crippen molar-refractivity contribution in [3.63, 3.8) is 0 Å². The van der Waals surface area contributed by atoms with Crippen molar-refractivity contribution in [3.05, 3.63) is 66.6 Å². The first-order chi connectivity index (χ1) is 14.4. The highest BCUT2D eigenvalue weighted by Gasteiger charge is 2.32. The highest BCUT2D eigenvalue weighted by atomic mass is 32.2. The molecule has 9 heteroatoms. The molecule has 1 aliphatic heterocycles. The van der Waals surface area contributed by atoms with Gasteiger partial charge in [0.05, 0.1) is 10.6 Å². The van der Waals surface area contributed by atoms with Gasteiger partial charge >= 0.3 is 0 Å². The number of nitrogens with zero attached hydrogens (tertiary/aromatic N) is 4. The van der Waals surface area contributed by atoms with E-state index in [2.05, 4.69) is 15.4 Å². The Bertz CT molecular complexity index is 1120. The van der Waals surface area contributed by atoms with Crippen LogP contribution in [0.4, 0.5) is 5.69 Å². The van der Waals surface area contributed by atoms with Crippen LogP contribution < -0.4 is 5.32 Å². The van der Waals surface area contributed by atoms with Gasteiger partial charge < -0.3 is 5.32 Å². The summed E-state index contributed by atoms with van der Waals surface area (Å²) in [5.41, 5.74) is 1.58. The Morgan fingerprint density at radius 3 is 2.47 bits per heavy atom. The highest BCUT2D eigenvalue weighted by Crippen LogP contribution is 2.26. The fraction of sp³-hybridized carbons (Fsp3) is 0.286. The molecular formula is C21H23N5O3S. The highest BCUT2D eigenvalue weighted by molar-refractivity contribution is 7.89. The van der Waals surface area contributed by atoms with Crippen LogP contribution in [-0.2, 0) is 14.8 Å². The molecule has 0 bridgehead atoms. The lowest BCUT2D eigenvalue weighted by Gasteiger charge is -2.30. The molecule has 0 aliphatic carbocycles. The van der Waals surface area contributed by atoms with Crippen LogP contribution in [0.25, 0.3) is 5.82 Å². The molecule has 0 atom stereocenters. The lowest BCUT2D eigenvalue weighted by molar-refractivity contribution is -0.120. The molecule has 1 aliphatic rings. The summed E-state index contributed by atoms with van der Waals surface area (Å²) in [5.74, 6) is 0.138. The van der Waals surface area contributed by atoms with E-state index in [4.69, 9.17) is 0 Å². The number of carbonyl (C=O) groups is 1. The lowest BCUT2D eigenvalue weighted by atomic mass is 9.97. The molecule has 1 amide bonds.